The molecule has 1 N–H and O–H groups in total. The van der Waals surface area contributed by atoms with Crippen LogP contribution in [0.25, 0.3) is 0 Å². The number of rotatable bonds is 4. The van der Waals surface area contributed by atoms with E-state index in [0.29, 0.717) is 22.3 Å². The molecular weight excluding hydrogens is 313 g/mol. The quantitative estimate of drug-likeness (QED) is 0.669. The molecule has 0 radical (unpaired) electrons. The van der Waals surface area contributed by atoms with Crippen molar-refractivity contribution in [3.05, 3.63) is 67.7 Å². The Balaban J connectivity index is 2.24. The van der Waals surface area contributed by atoms with E-state index in [1.54, 1.807) is 18.2 Å². The molecule has 5 nitrogen and oxygen atoms in total. The van der Waals surface area contributed by atoms with Gasteiger partial charge in [-0.1, -0.05) is 29.3 Å². The third-order valence-electron chi connectivity index (χ3n) is 2.81. The van der Waals surface area contributed by atoms with Gasteiger partial charge in [-0.2, -0.15) is 5.26 Å². The second-order valence-electron chi connectivity index (χ2n) is 4.19. The van der Waals surface area contributed by atoms with E-state index in [0.717, 1.165) is 5.56 Å². The van der Waals surface area contributed by atoms with Crippen molar-refractivity contribution in [2.45, 2.75) is 6.54 Å². The van der Waals surface area contributed by atoms with E-state index in [2.05, 4.69) is 5.32 Å². The summed E-state index contributed by atoms with van der Waals surface area (Å²) in [5.41, 5.74) is 1.17. The minimum Gasteiger partial charge on any atom is -0.375 e. The first-order chi connectivity index (χ1) is 10.0. The number of nitrogens with zero attached hydrogens (tertiary/aromatic N) is 2. The van der Waals surface area contributed by atoms with Crippen molar-refractivity contribution in [3.63, 3.8) is 0 Å². The lowest BCUT2D eigenvalue weighted by Gasteiger charge is -2.09. The Kier molecular flexibility index (Phi) is 4.63. The number of nitrogens with one attached hydrogen (secondary N) is 1. The minimum atomic E-state index is -0.535. The molecule has 2 rings (SSSR count). The van der Waals surface area contributed by atoms with Crippen LogP contribution in [0, 0.1) is 21.4 Å². The van der Waals surface area contributed by atoms with Crippen LogP contribution in [-0.2, 0) is 6.54 Å². The van der Waals surface area contributed by atoms with E-state index in [-0.39, 0.29) is 11.3 Å². The van der Waals surface area contributed by atoms with E-state index >= 15 is 0 Å². The molecule has 0 aliphatic heterocycles. The zero-order valence-corrected chi connectivity index (χ0v) is 12.1. The van der Waals surface area contributed by atoms with Gasteiger partial charge in [0.15, 0.2) is 0 Å². The van der Waals surface area contributed by atoms with E-state index in [1.165, 1.54) is 18.2 Å². The zero-order valence-electron chi connectivity index (χ0n) is 10.6. The van der Waals surface area contributed by atoms with E-state index in [4.69, 9.17) is 28.5 Å². The molecular formula is C14H9Cl2N3O2. The highest BCUT2D eigenvalue weighted by molar-refractivity contribution is 6.35. The van der Waals surface area contributed by atoms with Crippen molar-refractivity contribution in [1.29, 1.82) is 5.26 Å². The lowest BCUT2D eigenvalue weighted by atomic mass is 10.1. The van der Waals surface area contributed by atoms with E-state index in [9.17, 15) is 10.1 Å². The predicted octanol–water partition coefficient (Wildman–Crippen LogP) is 4.39. The van der Waals surface area contributed by atoms with Crippen LogP contribution < -0.4 is 5.32 Å². The van der Waals surface area contributed by atoms with Gasteiger partial charge in [-0.25, -0.2) is 0 Å². The fourth-order valence-electron chi connectivity index (χ4n) is 1.76. The number of nitro benzene ring substituents is 1. The van der Waals surface area contributed by atoms with Crippen LogP contribution in [0.15, 0.2) is 36.4 Å². The first-order valence-electron chi connectivity index (χ1n) is 5.87. The molecule has 0 amide bonds. The first kappa shape index (κ1) is 15.1. The van der Waals surface area contributed by atoms with Crippen LogP contribution in [-0.4, -0.2) is 4.92 Å². The average molecular weight is 322 g/mol. The molecule has 7 heteroatoms. The summed E-state index contributed by atoms with van der Waals surface area (Å²) in [7, 11) is 0. The van der Waals surface area contributed by atoms with Gasteiger partial charge in [0.2, 0.25) is 0 Å². The van der Waals surface area contributed by atoms with Crippen LogP contribution in [0.3, 0.4) is 0 Å². The van der Waals surface area contributed by atoms with Crippen LogP contribution in [0.5, 0.6) is 0 Å². The molecule has 21 heavy (non-hydrogen) atoms. The van der Waals surface area contributed by atoms with Crippen LogP contribution in [0.2, 0.25) is 10.0 Å². The zero-order chi connectivity index (χ0) is 15.4. The van der Waals surface area contributed by atoms with Crippen molar-refractivity contribution >= 4 is 34.6 Å². The molecule has 0 atom stereocenters. The number of halogens is 2. The van der Waals surface area contributed by atoms with Gasteiger partial charge < -0.3 is 5.32 Å². The highest BCUT2D eigenvalue weighted by Crippen LogP contribution is 2.27. The SMILES string of the molecule is N#Cc1ccc(NCc2ccc(Cl)cc2Cl)c([N+](=O)[O-])c1. The van der Waals surface area contributed by atoms with Crippen LogP contribution in [0.4, 0.5) is 11.4 Å². The second-order valence-corrected chi connectivity index (χ2v) is 5.03. The maximum Gasteiger partial charge on any atom is 0.293 e. The van der Waals surface area contributed by atoms with Crippen molar-refractivity contribution < 1.29 is 4.92 Å². The van der Waals surface area contributed by atoms with Gasteiger partial charge in [0.25, 0.3) is 5.69 Å². The number of benzene rings is 2. The predicted molar refractivity (Wildman–Crippen MR) is 81.6 cm³/mol. The summed E-state index contributed by atoms with van der Waals surface area (Å²) in [5, 5.41) is 23.8. The Morgan fingerprint density at radius 2 is 2.00 bits per heavy atom. The van der Waals surface area contributed by atoms with E-state index in [1.807, 2.05) is 6.07 Å². The molecule has 0 bridgehead atoms. The molecule has 0 aromatic heterocycles. The average Bonchev–Trinajstić information content (AvgIpc) is 2.46. The summed E-state index contributed by atoms with van der Waals surface area (Å²) in [4.78, 5) is 10.5. The van der Waals surface area contributed by atoms with E-state index < -0.39 is 4.92 Å². The lowest BCUT2D eigenvalue weighted by molar-refractivity contribution is -0.384. The number of hydrogen-bond acceptors (Lipinski definition) is 4. The molecule has 0 aliphatic carbocycles. The smallest absolute Gasteiger partial charge is 0.293 e. The van der Waals surface area contributed by atoms with Crippen molar-refractivity contribution in [2.24, 2.45) is 0 Å². The van der Waals surface area contributed by atoms with Gasteiger partial charge >= 0.3 is 0 Å². The van der Waals surface area contributed by atoms with Gasteiger partial charge in [0.1, 0.15) is 5.69 Å². The number of nitro groups is 1. The maximum atomic E-state index is 11.0. The topological polar surface area (TPSA) is 79.0 Å². The molecule has 0 saturated heterocycles. The number of hydrogen-bond donors (Lipinski definition) is 1. The van der Waals surface area contributed by atoms with Gasteiger partial charge in [-0.15, -0.1) is 0 Å². The third-order valence-corrected chi connectivity index (χ3v) is 3.39. The first-order valence-corrected chi connectivity index (χ1v) is 6.63. The summed E-state index contributed by atoms with van der Waals surface area (Å²) in [6.45, 7) is 0.308. The Bertz CT molecular complexity index is 741. The molecule has 0 unspecified atom stereocenters. The summed E-state index contributed by atoms with van der Waals surface area (Å²) >= 11 is 11.9. The summed E-state index contributed by atoms with van der Waals surface area (Å²) < 4.78 is 0. The van der Waals surface area contributed by atoms with Gasteiger partial charge in [-0.3, -0.25) is 10.1 Å². The minimum absolute atomic E-state index is 0.154. The summed E-state index contributed by atoms with van der Waals surface area (Å²) in [6, 6.07) is 11.2. The highest BCUT2D eigenvalue weighted by atomic mass is 35.5. The van der Waals surface area contributed by atoms with Crippen LogP contribution >= 0.6 is 23.2 Å². The van der Waals surface area contributed by atoms with Crippen LogP contribution in [0.1, 0.15) is 11.1 Å². The largest absolute Gasteiger partial charge is 0.375 e. The Morgan fingerprint density at radius 3 is 2.62 bits per heavy atom. The highest BCUT2D eigenvalue weighted by Gasteiger charge is 2.14. The van der Waals surface area contributed by atoms with Crippen molar-refractivity contribution in [1.82, 2.24) is 0 Å². The van der Waals surface area contributed by atoms with Gasteiger partial charge in [-0.05, 0) is 29.8 Å². The number of nitriles is 1. The Hall–Kier alpha value is -2.29. The molecule has 0 heterocycles. The molecule has 106 valence electrons. The standard InChI is InChI=1S/C14H9Cl2N3O2/c15-11-3-2-10(12(16)6-11)8-18-13-4-1-9(7-17)5-14(13)19(20)21/h1-6,18H,8H2. The molecule has 0 spiro atoms. The second kappa shape index (κ2) is 6.44. The Morgan fingerprint density at radius 1 is 1.24 bits per heavy atom. The lowest BCUT2D eigenvalue weighted by Crippen LogP contribution is -2.03. The van der Waals surface area contributed by atoms with Crippen molar-refractivity contribution in [2.75, 3.05) is 5.32 Å². The van der Waals surface area contributed by atoms with Gasteiger partial charge in [0, 0.05) is 22.7 Å². The van der Waals surface area contributed by atoms with Gasteiger partial charge in [0.05, 0.1) is 16.6 Å². The Labute approximate surface area is 130 Å². The molecule has 2 aromatic rings. The molecule has 0 saturated carbocycles. The maximum absolute atomic E-state index is 11.0. The fraction of sp³-hybridized carbons (Fsp3) is 0.0714. The monoisotopic (exact) mass is 321 g/mol. The molecule has 0 aliphatic rings. The molecule has 0 fully saturated rings. The third kappa shape index (κ3) is 3.63. The summed E-state index contributed by atoms with van der Waals surface area (Å²) in [6.07, 6.45) is 0. The normalized spacial score (nSPS) is 9.95. The summed E-state index contributed by atoms with van der Waals surface area (Å²) in [5.74, 6) is 0. The molecule has 2 aromatic carbocycles. The number of anilines is 1. The fourth-order valence-corrected chi connectivity index (χ4v) is 2.23. The van der Waals surface area contributed by atoms with Crippen molar-refractivity contribution in [3.8, 4) is 6.07 Å².